The molecule has 2 fully saturated rings. The third-order valence-corrected chi connectivity index (χ3v) is 7.80. The lowest BCUT2D eigenvalue weighted by atomic mass is 9.81. The molecule has 1 aliphatic carbocycles. The first-order valence-corrected chi connectivity index (χ1v) is 12.5. The molecule has 10 heteroatoms. The van der Waals surface area contributed by atoms with Crippen molar-refractivity contribution in [3.63, 3.8) is 0 Å². The Morgan fingerprint density at radius 1 is 0.882 bits per heavy atom. The van der Waals surface area contributed by atoms with E-state index in [2.05, 4.69) is 4.72 Å². The lowest BCUT2D eigenvalue weighted by Gasteiger charge is -2.19. The smallest absolute Gasteiger partial charge is 0.265 e. The van der Waals surface area contributed by atoms with E-state index in [0.29, 0.717) is 17.1 Å². The van der Waals surface area contributed by atoms with Gasteiger partial charge in [-0.15, -0.1) is 0 Å². The Labute approximate surface area is 199 Å². The van der Waals surface area contributed by atoms with Crippen molar-refractivity contribution < 1.29 is 32.2 Å². The van der Waals surface area contributed by atoms with E-state index in [0.717, 1.165) is 25.7 Å². The van der Waals surface area contributed by atoms with Gasteiger partial charge in [-0.25, -0.2) is 8.42 Å². The maximum atomic E-state index is 13.3. The lowest BCUT2D eigenvalue weighted by Crippen LogP contribution is -2.30. The Hall–Kier alpha value is -3.27. The average molecular weight is 489 g/mol. The molecule has 2 amide bonds. The molecule has 9 nitrogen and oxygen atoms in total. The van der Waals surface area contributed by atoms with Crippen LogP contribution in [0.1, 0.15) is 31.2 Å². The molecule has 1 saturated carbocycles. The van der Waals surface area contributed by atoms with Crippen LogP contribution in [0.3, 0.4) is 0 Å². The number of nitrogens with one attached hydrogen (secondary N) is 1. The number of methoxy groups -OCH3 is 3. The van der Waals surface area contributed by atoms with Gasteiger partial charge in [0.2, 0.25) is 11.8 Å². The number of anilines is 1. The number of carbonyl (C=O) groups excluding carboxylic acids is 2. The van der Waals surface area contributed by atoms with Gasteiger partial charge in [0.05, 0.1) is 45.4 Å². The standard InChI is InChI=1S/C24H28N2O7S/c1-31-17-11-16(12-18(13-17)32-2)25-34(29,30)22-10-15(8-9-21(22)33-3)14-26-23(27)19-6-4-5-7-20(19)24(26)28/h8-13,19-20,25H,4-7,14H2,1-3H3. The number of hydrogen-bond donors (Lipinski definition) is 1. The minimum Gasteiger partial charge on any atom is -0.497 e. The molecule has 4 rings (SSSR count). The highest BCUT2D eigenvalue weighted by molar-refractivity contribution is 7.92. The molecule has 0 aromatic heterocycles. The molecule has 2 unspecified atom stereocenters. The van der Waals surface area contributed by atoms with E-state index in [1.54, 1.807) is 12.1 Å². The third kappa shape index (κ3) is 4.54. The normalized spacial score (nSPS) is 20.1. The van der Waals surface area contributed by atoms with Crippen molar-refractivity contribution in [2.24, 2.45) is 11.8 Å². The van der Waals surface area contributed by atoms with Gasteiger partial charge in [-0.2, -0.15) is 0 Å². The summed E-state index contributed by atoms with van der Waals surface area (Å²) in [6.45, 7) is 0.0180. The quantitative estimate of drug-likeness (QED) is 0.568. The van der Waals surface area contributed by atoms with Gasteiger partial charge in [0, 0.05) is 18.2 Å². The van der Waals surface area contributed by atoms with E-state index in [-0.39, 0.29) is 46.5 Å². The maximum absolute atomic E-state index is 13.3. The first kappa shape index (κ1) is 23.9. The van der Waals surface area contributed by atoms with E-state index in [1.807, 2.05) is 0 Å². The molecule has 2 aliphatic rings. The Bertz CT molecular complexity index is 1170. The van der Waals surface area contributed by atoms with Gasteiger partial charge in [0.25, 0.3) is 10.0 Å². The number of carbonyl (C=O) groups is 2. The van der Waals surface area contributed by atoms with Gasteiger partial charge in [-0.05, 0) is 30.5 Å². The number of imide groups is 1. The summed E-state index contributed by atoms with van der Waals surface area (Å²) in [6, 6.07) is 9.30. The number of hydrogen-bond acceptors (Lipinski definition) is 7. The summed E-state index contributed by atoms with van der Waals surface area (Å²) in [5, 5.41) is 0. The fourth-order valence-electron chi connectivity index (χ4n) is 4.68. The third-order valence-electron chi connectivity index (χ3n) is 6.39. The topological polar surface area (TPSA) is 111 Å². The fourth-order valence-corrected chi connectivity index (χ4v) is 5.94. The van der Waals surface area contributed by atoms with Crippen LogP contribution in [-0.4, -0.2) is 46.5 Å². The van der Waals surface area contributed by atoms with Crippen molar-refractivity contribution in [1.29, 1.82) is 0 Å². The summed E-state index contributed by atoms with van der Waals surface area (Å²) < 4.78 is 44.8. The van der Waals surface area contributed by atoms with Crippen LogP contribution in [0.4, 0.5) is 5.69 Å². The van der Waals surface area contributed by atoms with Crippen LogP contribution in [-0.2, 0) is 26.2 Å². The van der Waals surface area contributed by atoms with Crippen LogP contribution in [0.2, 0.25) is 0 Å². The first-order chi connectivity index (χ1) is 16.3. The molecule has 1 N–H and O–H groups in total. The lowest BCUT2D eigenvalue weighted by molar-refractivity contribution is -0.140. The Morgan fingerprint density at radius 3 is 2.00 bits per heavy atom. The zero-order valence-electron chi connectivity index (χ0n) is 19.4. The molecule has 1 aliphatic heterocycles. The number of ether oxygens (including phenoxy) is 3. The van der Waals surface area contributed by atoms with Crippen LogP contribution >= 0.6 is 0 Å². The molecule has 34 heavy (non-hydrogen) atoms. The van der Waals surface area contributed by atoms with Gasteiger partial charge in [0.15, 0.2) is 0 Å². The highest BCUT2D eigenvalue weighted by Crippen LogP contribution is 2.39. The van der Waals surface area contributed by atoms with Crippen molar-refractivity contribution in [1.82, 2.24) is 4.90 Å². The second-order valence-electron chi connectivity index (χ2n) is 8.45. The number of benzene rings is 2. The predicted octanol–water partition coefficient (Wildman–Crippen LogP) is 3.19. The monoisotopic (exact) mass is 488 g/mol. The Balaban J connectivity index is 1.62. The Kier molecular flexibility index (Phi) is 6.70. The minimum atomic E-state index is -4.08. The van der Waals surface area contributed by atoms with Gasteiger partial charge in [-0.1, -0.05) is 18.9 Å². The molecule has 182 valence electrons. The van der Waals surface area contributed by atoms with E-state index >= 15 is 0 Å². The Morgan fingerprint density at radius 2 is 1.47 bits per heavy atom. The van der Waals surface area contributed by atoms with Crippen LogP contribution in [0.25, 0.3) is 0 Å². The number of rotatable bonds is 8. The SMILES string of the molecule is COc1cc(NS(=O)(=O)c2cc(CN3C(=O)C4CCCCC4C3=O)ccc2OC)cc(OC)c1. The molecular formula is C24H28N2O7S. The molecule has 0 spiro atoms. The summed E-state index contributed by atoms with van der Waals surface area (Å²) >= 11 is 0. The summed E-state index contributed by atoms with van der Waals surface area (Å²) in [4.78, 5) is 26.9. The van der Waals surface area contributed by atoms with Crippen molar-refractivity contribution >= 4 is 27.5 Å². The zero-order valence-corrected chi connectivity index (χ0v) is 20.2. The predicted molar refractivity (Wildman–Crippen MR) is 124 cm³/mol. The molecule has 0 bridgehead atoms. The fraction of sp³-hybridized carbons (Fsp3) is 0.417. The zero-order chi connectivity index (χ0) is 24.5. The molecule has 0 radical (unpaired) electrons. The van der Waals surface area contributed by atoms with Gasteiger partial charge >= 0.3 is 0 Å². The van der Waals surface area contributed by atoms with E-state index in [1.165, 1.54) is 50.5 Å². The van der Waals surface area contributed by atoms with Gasteiger partial charge < -0.3 is 14.2 Å². The van der Waals surface area contributed by atoms with Crippen molar-refractivity contribution in [2.45, 2.75) is 37.1 Å². The van der Waals surface area contributed by atoms with Crippen molar-refractivity contribution in [3.8, 4) is 17.2 Å². The molecular weight excluding hydrogens is 460 g/mol. The summed E-state index contributed by atoms with van der Waals surface area (Å²) in [7, 11) is 0.229. The molecule has 1 saturated heterocycles. The number of fused-ring (bicyclic) bond motifs is 1. The van der Waals surface area contributed by atoms with E-state index < -0.39 is 10.0 Å². The van der Waals surface area contributed by atoms with Crippen LogP contribution in [0.5, 0.6) is 17.2 Å². The van der Waals surface area contributed by atoms with Crippen LogP contribution in [0, 0.1) is 11.8 Å². The number of nitrogens with zero attached hydrogens (tertiary/aromatic N) is 1. The summed E-state index contributed by atoms with van der Waals surface area (Å²) in [5.41, 5.74) is 0.766. The van der Waals surface area contributed by atoms with E-state index in [9.17, 15) is 18.0 Å². The molecule has 2 atom stereocenters. The second-order valence-corrected chi connectivity index (χ2v) is 10.1. The second kappa shape index (κ2) is 9.54. The number of amides is 2. The first-order valence-electron chi connectivity index (χ1n) is 11.1. The number of sulfonamides is 1. The molecule has 1 heterocycles. The summed E-state index contributed by atoms with van der Waals surface area (Å²) in [6.07, 6.45) is 3.34. The summed E-state index contributed by atoms with van der Waals surface area (Å²) in [5.74, 6) is 0.127. The highest BCUT2D eigenvalue weighted by atomic mass is 32.2. The van der Waals surface area contributed by atoms with Crippen LogP contribution in [0.15, 0.2) is 41.3 Å². The van der Waals surface area contributed by atoms with Gasteiger partial charge in [-0.3, -0.25) is 19.2 Å². The van der Waals surface area contributed by atoms with Crippen LogP contribution < -0.4 is 18.9 Å². The van der Waals surface area contributed by atoms with Crippen molar-refractivity contribution in [3.05, 3.63) is 42.0 Å². The minimum absolute atomic E-state index is 0.0180. The highest BCUT2D eigenvalue weighted by Gasteiger charge is 2.47. The molecule has 2 aromatic carbocycles. The average Bonchev–Trinajstić information content (AvgIpc) is 3.08. The van der Waals surface area contributed by atoms with Crippen molar-refractivity contribution in [2.75, 3.05) is 26.1 Å². The van der Waals surface area contributed by atoms with Gasteiger partial charge in [0.1, 0.15) is 22.1 Å². The largest absolute Gasteiger partial charge is 0.497 e. The van der Waals surface area contributed by atoms with E-state index in [4.69, 9.17) is 14.2 Å². The maximum Gasteiger partial charge on any atom is 0.265 e. The number of likely N-dealkylation sites (tertiary alicyclic amines) is 1. The molecule has 2 aromatic rings.